The largest absolute Gasteiger partial charge is 1.00 e. The predicted molar refractivity (Wildman–Crippen MR) is 215 cm³/mol. The summed E-state index contributed by atoms with van der Waals surface area (Å²) in [5.41, 5.74) is 5.96. The van der Waals surface area contributed by atoms with Crippen LogP contribution in [-0.4, -0.2) is 101 Å². The van der Waals surface area contributed by atoms with Gasteiger partial charge in [0.25, 0.3) is 6.47 Å². The van der Waals surface area contributed by atoms with E-state index in [0.29, 0.717) is 42.1 Å². The zero-order valence-corrected chi connectivity index (χ0v) is 48.0. The van der Waals surface area contributed by atoms with Crippen LogP contribution >= 0.6 is 15.9 Å². The van der Waals surface area contributed by atoms with Crippen LogP contribution in [0.1, 0.15) is 43.8 Å². The number of halogens is 3. The number of phenolic OH excluding ortho intramolecular Hbond substituents is 1. The van der Waals surface area contributed by atoms with Crippen molar-refractivity contribution >= 4 is 50.7 Å². The van der Waals surface area contributed by atoms with Gasteiger partial charge in [0.1, 0.15) is 17.3 Å². The molecule has 2 saturated carbocycles. The number of morpholine rings is 2. The van der Waals surface area contributed by atoms with E-state index in [-0.39, 0.29) is 163 Å². The minimum absolute atomic E-state index is 0. The first-order valence-corrected chi connectivity index (χ1v) is 20.0. The number of aliphatic imine (C=N–C) groups is 1. The summed E-state index contributed by atoms with van der Waals surface area (Å²) in [5.74, 6) is 0.804. The number of anilines is 2. The molecule has 19 heteroatoms. The molecule has 308 valence electrons. The molecular formula is C41H44BrCs2F2N7O7. The maximum atomic E-state index is 14.3. The number of aromatic hydroxyl groups is 1. The summed E-state index contributed by atoms with van der Waals surface area (Å²) >= 11 is 3.38. The number of ether oxygens (including phenoxy) is 3. The number of hydrogen-bond donors (Lipinski definition) is 1. The average molecular weight is 1130 g/mol. The number of phenols is 1. The molecule has 0 unspecified atom stereocenters. The third kappa shape index (κ3) is 13.5. The molecule has 1 N–H and O–H groups in total. The summed E-state index contributed by atoms with van der Waals surface area (Å²) in [6, 6.07) is 13.9. The Labute approximate surface area is 474 Å². The topological polar surface area (TPSA) is 160 Å². The van der Waals surface area contributed by atoms with Crippen molar-refractivity contribution in [3.8, 4) is 22.8 Å². The van der Waals surface area contributed by atoms with Gasteiger partial charge in [-0.25, -0.2) is 18.7 Å². The van der Waals surface area contributed by atoms with E-state index in [4.69, 9.17) is 24.3 Å². The molecular weight excluding hydrogens is 1090 g/mol. The van der Waals surface area contributed by atoms with Gasteiger partial charge in [0.2, 0.25) is 0 Å². The van der Waals surface area contributed by atoms with Crippen molar-refractivity contribution < 1.29 is 182 Å². The van der Waals surface area contributed by atoms with Crippen molar-refractivity contribution in [1.82, 2.24) is 19.7 Å². The van der Waals surface area contributed by atoms with E-state index in [9.17, 15) is 13.9 Å². The fourth-order valence-corrected chi connectivity index (χ4v) is 6.77. The number of nitrogens with zero attached hydrogens (tertiary/aromatic N) is 7. The molecule has 0 amide bonds. The number of benzene rings is 2. The van der Waals surface area contributed by atoms with Gasteiger partial charge in [-0.1, -0.05) is 15.9 Å². The van der Waals surface area contributed by atoms with Crippen LogP contribution in [-0.2, 0) is 32.7 Å². The van der Waals surface area contributed by atoms with E-state index in [1.54, 1.807) is 24.0 Å². The van der Waals surface area contributed by atoms with Crippen molar-refractivity contribution in [2.24, 2.45) is 12.0 Å². The van der Waals surface area contributed by atoms with E-state index < -0.39 is 5.82 Å². The van der Waals surface area contributed by atoms with Gasteiger partial charge < -0.3 is 40.7 Å². The van der Waals surface area contributed by atoms with E-state index >= 15 is 0 Å². The van der Waals surface area contributed by atoms with E-state index in [0.717, 1.165) is 96.7 Å². The van der Waals surface area contributed by atoms with Crippen molar-refractivity contribution in [3.63, 3.8) is 0 Å². The third-order valence-corrected chi connectivity index (χ3v) is 10.7. The molecule has 2 saturated heterocycles. The van der Waals surface area contributed by atoms with Crippen LogP contribution < -0.4 is 158 Å². The van der Waals surface area contributed by atoms with Crippen molar-refractivity contribution in [2.75, 3.05) is 62.4 Å². The van der Waals surface area contributed by atoms with Crippen LogP contribution in [0, 0.1) is 11.6 Å². The maximum Gasteiger partial charge on any atom is 1.00 e. The van der Waals surface area contributed by atoms with Gasteiger partial charge in [-0.15, -0.1) is 0 Å². The van der Waals surface area contributed by atoms with Crippen molar-refractivity contribution in [1.29, 1.82) is 0 Å². The Balaban J connectivity index is 0.000000219. The number of alkyl halides is 1. The molecule has 10 rings (SSSR count). The molecule has 5 aromatic rings. The van der Waals surface area contributed by atoms with Gasteiger partial charge in [-0.2, -0.15) is 5.10 Å². The molecule has 60 heavy (non-hydrogen) atoms. The minimum atomic E-state index is -0.652. The molecule has 0 atom stereocenters. The summed E-state index contributed by atoms with van der Waals surface area (Å²) in [7, 11) is 1.76. The van der Waals surface area contributed by atoms with Crippen molar-refractivity contribution in [3.05, 3.63) is 89.2 Å². The first kappa shape index (κ1) is 49.9. The van der Waals surface area contributed by atoms with Gasteiger partial charge in [0.05, 0.1) is 50.3 Å². The third-order valence-electron chi connectivity index (χ3n) is 9.81. The van der Waals surface area contributed by atoms with E-state index in [2.05, 4.69) is 56.7 Å². The molecule has 0 radical (unpaired) electrons. The van der Waals surface area contributed by atoms with Crippen LogP contribution in [0.25, 0.3) is 22.2 Å². The Kier molecular flexibility index (Phi) is 20.2. The average Bonchev–Trinajstić information content (AvgIpc) is 4.19. The Morgan fingerprint density at radius 3 is 1.98 bits per heavy atom. The Morgan fingerprint density at radius 1 is 0.867 bits per heavy atom. The second-order valence-corrected chi connectivity index (χ2v) is 15.4. The van der Waals surface area contributed by atoms with Gasteiger partial charge in [0.15, 0.2) is 23.1 Å². The molecule has 2 aromatic carbocycles. The molecule has 3 aliphatic heterocycles. The van der Waals surface area contributed by atoms with Gasteiger partial charge in [0, 0.05) is 78.6 Å². The summed E-state index contributed by atoms with van der Waals surface area (Å²) in [4.78, 5) is 30.1. The quantitative estimate of drug-likeness (QED) is 0.0954. The number of pyridine rings is 2. The number of carbonyl (C=O) groups excluding carboxylic acids is 1. The predicted octanol–water partition coefficient (Wildman–Crippen LogP) is -0.635. The molecule has 0 spiro atoms. The molecule has 2 aliphatic carbocycles. The normalized spacial score (nSPS) is 16.5. The summed E-state index contributed by atoms with van der Waals surface area (Å²) in [6.45, 7) is 6.40. The number of carbonyl (C=O) groups is 1. The SMILES string of the molecule is BrC1CC1.Cn1nc(-c2ccnc(N3CCOCC3)c2)c2cc(O)c(F)cc21.Fc1cc2c(cc1OC1CC1)C(c1ccnc(N3CCOCC3)c1)=NC2.O=CO[O-].[Cs+].[Cs+].[H-]. The molecule has 3 aromatic heterocycles. The maximum absolute atomic E-state index is 14.3. The van der Waals surface area contributed by atoms with Gasteiger partial charge >= 0.3 is 138 Å². The number of rotatable bonds is 7. The number of hydrogen-bond acceptors (Lipinski definition) is 13. The van der Waals surface area contributed by atoms with Crippen LogP contribution in [0.3, 0.4) is 0 Å². The molecule has 5 aliphatic rings. The number of fused-ring (bicyclic) bond motifs is 2. The summed E-state index contributed by atoms with van der Waals surface area (Å²) < 4.78 is 46.0. The van der Waals surface area contributed by atoms with Crippen LogP contribution in [0.2, 0.25) is 0 Å². The first-order chi connectivity index (χ1) is 28.2. The number of aryl methyl sites for hydroxylation is 1. The fourth-order valence-electron chi connectivity index (χ4n) is 6.50. The zero-order valence-electron chi connectivity index (χ0n) is 34.9. The van der Waals surface area contributed by atoms with E-state index in [1.165, 1.54) is 25.0 Å². The number of aromatic nitrogens is 4. The van der Waals surface area contributed by atoms with Crippen molar-refractivity contribution in [2.45, 2.75) is 43.2 Å². The first-order valence-electron chi connectivity index (χ1n) is 19.1. The van der Waals surface area contributed by atoms with Crippen LogP contribution in [0.4, 0.5) is 20.4 Å². The minimum Gasteiger partial charge on any atom is -1.00 e. The second-order valence-electron chi connectivity index (χ2n) is 14.1. The smallest absolute Gasteiger partial charge is 1.00 e. The fraction of sp³-hybridized carbons (Fsp3) is 0.390. The standard InChI is InChI=1S/C20H20FN3O2.C17H17FN4O2.C3H5Br.CH2O3.2Cs.H/c21-17-9-14-12-23-20(16(14)11-18(17)26-15-1-2-15)13-3-4-22-19(10-13)24-5-7-25-8-6-24;1-21-14-10-13(18)15(23)9-12(14)17(20-21)11-2-3-19-16(8-11)22-4-6-24-7-5-22;4-3-1-2-3;2-1-4-3;;;/h3-4,9-11,15H,1-2,5-8,12H2;2-3,8-10,23H,4-7H2,1H3;3H,1-2H2;1,3H;;;/q;;;;2*+1;-1/p-1. The molecule has 6 heterocycles. The second kappa shape index (κ2) is 24.2. The zero-order chi connectivity index (χ0) is 40.6. The van der Waals surface area contributed by atoms with Crippen LogP contribution in [0.15, 0.2) is 65.9 Å². The Bertz CT molecular complexity index is 2260. The Morgan fingerprint density at radius 2 is 1.43 bits per heavy atom. The molecule has 0 bridgehead atoms. The Hall–Kier alpha value is -1.13. The molecule has 14 nitrogen and oxygen atoms in total. The summed E-state index contributed by atoms with van der Waals surface area (Å²) in [6.07, 6.45) is 8.53. The van der Waals surface area contributed by atoms with Gasteiger partial charge in [-0.3, -0.25) is 14.5 Å². The summed E-state index contributed by atoms with van der Waals surface area (Å²) in [5, 5.41) is 23.3. The van der Waals surface area contributed by atoms with E-state index in [1.807, 2.05) is 30.5 Å². The monoisotopic (exact) mass is 1130 g/mol. The van der Waals surface area contributed by atoms with Gasteiger partial charge in [-0.05, 0) is 73.7 Å². The molecule has 4 fully saturated rings. The van der Waals surface area contributed by atoms with Crippen LogP contribution in [0.5, 0.6) is 11.5 Å².